The summed E-state index contributed by atoms with van der Waals surface area (Å²) in [5.74, 6) is -1.15. The van der Waals surface area contributed by atoms with Gasteiger partial charge in [0, 0.05) is 29.2 Å². The Kier molecular flexibility index (Phi) is 5.20. The Morgan fingerprint density at radius 2 is 1.86 bits per heavy atom. The minimum atomic E-state index is -0.581. The number of rotatable bonds is 5. The highest BCUT2D eigenvalue weighted by atomic mass is 19.1. The van der Waals surface area contributed by atoms with Crippen LogP contribution in [0.15, 0.2) is 84.1 Å². The van der Waals surface area contributed by atoms with Crippen molar-refractivity contribution in [3.63, 3.8) is 0 Å². The van der Waals surface area contributed by atoms with Crippen LogP contribution < -0.4 is 5.43 Å². The molecular formula is C24H20FN3O. The fraction of sp³-hybridized carbons (Fsp3) is 0.0833. The topological polar surface area (TPSA) is 46.4 Å². The number of para-hydroxylation sites is 1. The molecule has 144 valence electrons. The van der Waals surface area contributed by atoms with Crippen molar-refractivity contribution in [1.82, 2.24) is 9.99 Å². The molecule has 0 spiro atoms. The molecule has 0 radical (unpaired) electrons. The smallest absolute Gasteiger partial charge is 0.274 e. The first-order valence-electron chi connectivity index (χ1n) is 9.33. The third kappa shape index (κ3) is 4.09. The third-order valence-corrected chi connectivity index (χ3v) is 4.74. The molecule has 4 rings (SSSR count). The number of nitrogens with one attached hydrogen (secondary N) is 1. The molecule has 5 heteroatoms. The van der Waals surface area contributed by atoms with Crippen LogP contribution in [-0.4, -0.2) is 16.7 Å². The van der Waals surface area contributed by atoms with Crippen molar-refractivity contribution in [3.8, 4) is 0 Å². The van der Waals surface area contributed by atoms with E-state index in [0.29, 0.717) is 0 Å². The SMILES string of the molecule is Cc1cccc(Cn2cc(/C=N\NC(=O)c3ccccc3F)c3ccccc32)c1. The molecule has 1 heterocycles. The number of carbonyl (C=O) groups excluding carboxylic acids is 1. The molecule has 3 aromatic carbocycles. The van der Waals surface area contributed by atoms with Gasteiger partial charge in [0.2, 0.25) is 0 Å². The zero-order valence-corrected chi connectivity index (χ0v) is 16.0. The maximum atomic E-state index is 13.7. The van der Waals surface area contributed by atoms with E-state index in [0.717, 1.165) is 23.0 Å². The maximum Gasteiger partial charge on any atom is 0.274 e. The lowest BCUT2D eigenvalue weighted by Crippen LogP contribution is -2.18. The number of aryl methyl sites for hydroxylation is 1. The van der Waals surface area contributed by atoms with Crippen LogP contribution in [-0.2, 0) is 6.54 Å². The summed E-state index contributed by atoms with van der Waals surface area (Å²) in [6.45, 7) is 2.81. The highest BCUT2D eigenvalue weighted by Crippen LogP contribution is 2.21. The lowest BCUT2D eigenvalue weighted by Gasteiger charge is -2.06. The molecule has 0 aliphatic heterocycles. The number of benzene rings is 3. The fourth-order valence-corrected chi connectivity index (χ4v) is 3.38. The maximum absolute atomic E-state index is 13.7. The Morgan fingerprint density at radius 3 is 2.69 bits per heavy atom. The summed E-state index contributed by atoms with van der Waals surface area (Å²) < 4.78 is 15.9. The predicted molar refractivity (Wildman–Crippen MR) is 114 cm³/mol. The van der Waals surface area contributed by atoms with Crippen LogP contribution in [0.3, 0.4) is 0 Å². The zero-order chi connectivity index (χ0) is 20.2. The second kappa shape index (κ2) is 8.10. The molecule has 4 aromatic rings. The van der Waals surface area contributed by atoms with Crippen LogP contribution in [0.4, 0.5) is 4.39 Å². The standard InChI is InChI=1S/C24H20FN3O/c1-17-7-6-8-18(13-17)15-28-16-19(20-9-3-5-12-23(20)28)14-26-27-24(29)21-10-2-4-11-22(21)25/h2-14,16H,15H2,1H3,(H,27,29)/b26-14-. The molecule has 1 N–H and O–H groups in total. The van der Waals surface area contributed by atoms with E-state index in [9.17, 15) is 9.18 Å². The van der Waals surface area contributed by atoms with Crippen molar-refractivity contribution in [2.75, 3.05) is 0 Å². The first-order valence-corrected chi connectivity index (χ1v) is 9.33. The molecule has 1 aromatic heterocycles. The van der Waals surface area contributed by atoms with E-state index in [2.05, 4.69) is 52.3 Å². The van der Waals surface area contributed by atoms with Crippen LogP contribution >= 0.6 is 0 Å². The number of carbonyl (C=O) groups is 1. The minimum Gasteiger partial charge on any atom is -0.342 e. The molecule has 0 fully saturated rings. The van der Waals surface area contributed by atoms with Crippen molar-refractivity contribution >= 4 is 23.0 Å². The first kappa shape index (κ1) is 18.6. The van der Waals surface area contributed by atoms with Gasteiger partial charge in [-0.3, -0.25) is 4.79 Å². The molecule has 0 aliphatic carbocycles. The Hall–Kier alpha value is -3.73. The van der Waals surface area contributed by atoms with E-state index in [1.54, 1.807) is 18.3 Å². The Bertz CT molecular complexity index is 1210. The fourth-order valence-electron chi connectivity index (χ4n) is 3.38. The minimum absolute atomic E-state index is 0.0356. The summed E-state index contributed by atoms with van der Waals surface area (Å²) in [4.78, 5) is 12.1. The average molecular weight is 385 g/mol. The van der Waals surface area contributed by atoms with Crippen molar-refractivity contribution in [1.29, 1.82) is 0 Å². The molecule has 0 saturated carbocycles. The van der Waals surface area contributed by atoms with E-state index in [1.165, 1.54) is 23.3 Å². The number of aromatic nitrogens is 1. The Morgan fingerprint density at radius 1 is 1.07 bits per heavy atom. The number of hydrogen-bond acceptors (Lipinski definition) is 2. The van der Waals surface area contributed by atoms with Crippen LogP contribution in [0.1, 0.15) is 27.0 Å². The van der Waals surface area contributed by atoms with Gasteiger partial charge in [-0.05, 0) is 30.7 Å². The quantitative estimate of drug-likeness (QED) is 0.385. The monoisotopic (exact) mass is 385 g/mol. The van der Waals surface area contributed by atoms with Crippen molar-refractivity contribution in [2.45, 2.75) is 13.5 Å². The molecule has 29 heavy (non-hydrogen) atoms. The normalized spacial score (nSPS) is 11.2. The van der Waals surface area contributed by atoms with E-state index < -0.39 is 11.7 Å². The number of halogens is 1. The lowest BCUT2D eigenvalue weighted by atomic mass is 10.1. The molecule has 1 amide bonds. The number of amides is 1. The van der Waals surface area contributed by atoms with Crippen LogP contribution in [0.5, 0.6) is 0 Å². The molecule has 0 atom stereocenters. The van der Waals surface area contributed by atoms with Gasteiger partial charge in [-0.15, -0.1) is 0 Å². The highest BCUT2D eigenvalue weighted by molar-refractivity contribution is 6.00. The van der Waals surface area contributed by atoms with Crippen LogP contribution in [0.25, 0.3) is 10.9 Å². The lowest BCUT2D eigenvalue weighted by molar-refractivity contribution is 0.0951. The molecular weight excluding hydrogens is 365 g/mol. The summed E-state index contributed by atoms with van der Waals surface area (Å²) in [5.41, 5.74) is 6.75. The van der Waals surface area contributed by atoms with Crippen molar-refractivity contribution in [3.05, 3.63) is 107 Å². The average Bonchev–Trinajstić information content (AvgIpc) is 3.06. The van der Waals surface area contributed by atoms with E-state index in [-0.39, 0.29) is 5.56 Å². The first-order chi connectivity index (χ1) is 14.1. The van der Waals surface area contributed by atoms with E-state index in [1.807, 2.05) is 24.4 Å². The van der Waals surface area contributed by atoms with Crippen molar-refractivity contribution < 1.29 is 9.18 Å². The molecule has 0 unspecified atom stereocenters. The zero-order valence-electron chi connectivity index (χ0n) is 16.0. The van der Waals surface area contributed by atoms with Gasteiger partial charge in [0.05, 0.1) is 11.8 Å². The van der Waals surface area contributed by atoms with Gasteiger partial charge >= 0.3 is 0 Å². The van der Waals surface area contributed by atoms with Gasteiger partial charge in [-0.1, -0.05) is 60.2 Å². The highest BCUT2D eigenvalue weighted by Gasteiger charge is 2.10. The Labute approximate surface area is 168 Å². The Balaban J connectivity index is 1.58. The van der Waals surface area contributed by atoms with Crippen LogP contribution in [0, 0.1) is 12.7 Å². The number of nitrogens with zero attached hydrogens (tertiary/aromatic N) is 2. The second-order valence-corrected chi connectivity index (χ2v) is 6.90. The number of hydrazone groups is 1. The second-order valence-electron chi connectivity index (χ2n) is 6.90. The summed E-state index contributed by atoms with van der Waals surface area (Å²) in [5, 5.41) is 5.07. The molecule has 0 aliphatic rings. The van der Waals surface area contributed by atoms with E-state index in [4.69, 9.17) is 0 Å². The number of hydrogen-bond donors (Lipinski definition) is 1. The molecule has 4 nitrogen and oxygen atoms in total. The van der Waals surface area contributed by atoms with Gasteiger partial charge < -0.3 is 4.57 Å². The van der Waals surface area contributed by atoms with E-state index >= 15 is 0 Å². The molecule has 0 bridgehead atoms. The third-order valence-electron chi connectivity index (χ3n) is 4.74. The van der Waals surface area contributed by atoms with Gasteiger partial charge in [0.1, 0.15) is 5.82 Å². The summed E-state index contributed by atoms with van der Waals surface area (Å²) in [7, 11) is 0. The van der Waals surface area contributed by atoms with Gasteiger partial charge in [-0.25, -0.2) is 9.82 Å². The van der Waals surface area contributed by atoms with Gasteiger partial charge in [0.15, 0.2) is 0 Å². The van der Waals surface area contributed by atoms with Gasteiger partial charge in [-0.2, -0.15) is 5.10 Å². The molecule has 0 saturated heterocycles. The summed E-state index contributed by atoms with van der Waals surface area (Å²) in [6.07, 6.45) is 3.60. The predicted octanol–water partition coefficient (Wildman–Crippen LogP) is 4.90. The summed E-state index contributed by atoms with van der Waals surface area (Å²) >= 11 is 0. The largest absolute Gasteiger partial charge is 0.342 e. The van der Waals surface area contributed by atoms with Crippen LogP contribution in [0.2, 0.25) is 0 Å². The van der Waals surface area contributed by atoms with Crippen molar-refractivity contribution in [2.24, 2.45) is 5.10 Å². The summed E-state index contributed by atoms with van der Waals surface area (Å²) in [6, 6.07) is 22.3. The number of fused-ring (bicyclic) bond motifs is 1. The van der Waals surface area contributed by atoms with Gasteiger partial charge in [0.25, 0.3) is 5.91 Å².